The summed E-state index contributed by atoms with van der Waals surface area (Å²) in [6.45, 7) is 1.23. The van der Waals surface area contributed by atoms with E-state index in [0.717, 1.165) is 24.8 Å². The van der Waals surface area contributed by atoms with Gasteiger partial charge >= 0.3 is 5.97 Å². The molecule has 1 saturated heterocycles. The van der Waals surface area contributed by atoms with Crippen LogP contribution in [0, 0.1) is 17.7 Å². The van der Waals surface area contributed by atoms with Crippen molar-refractivity contribution >= 4 is 51.7 Å². The van der Waals surface area contributed by atoms with Crippen molar-refractivity contribution in [2.24, 2.45) is 11.8 Å². The molecule has 0 unspecified atom stereocenters. The summed E-state index contributed by atoms with van der Waals surface area (Å²) in [5.41, 5.74) is 1.13. The van der Waals surface area contributed by atoms with Gasteiger partial charge in [0.2, 0.25) is 11.8 Å². The van der Waals surface area contributed by atoms with Crippen LogP contribution in [-0.2, 0) is 16.9 Å². The van der Waals surface area contributed by atoms with Gasteiger partial charge in [0, 0.05) is 41.2 Å². The summed E-state index contributed by atoms with van der Waals surface area (Å²) in [5, 5.41) is 18.6. The number of carboxylic acid groups (broad SMARTS) is 1. The number of aromatic carboxylic acids is 1. The summed E-state index contributed by atoms with van der Waals surface area (Å²) in [7, 11) is 0. The third-order valence-corrected chi connectivity index (χ3v) is 10.4. The summed E-state index contributed by atoms with van der Waals surface area (Å²) in [6.07, 6.45) is 3.27. The fourth-order valence-corrected chi connectivity index (χ4v) is 8.22. The highest BCUT2D eigenvalue weighted by molar-refractivity contribution is 6.31. The average Bonchev–Trinajstić information content (AvgIpc) is 3.48. The first-order valence-electron chi connectivity index (χ1n) is 14.5. The summed E-state index contributed by atoms with van der Waals surface area (Å²) in [6, 6.07) is 14.9. The Balaban J connectivity index is 1.36. The highest BCUT2D eigenvalue weighted by Crippen LogP contribution is 2.61. The predicted octanol–water partition coefficient (Wildman–Crippen LogP) is 6.30. The lowest BCUT2D eigenvalue weighted by Crippen LogP contribution is -2.55. The maximum absolute atomic E-state index is 16.2. The number of nitrogens with zero attached hydrogens (tertiary/aromatic N) is 3. The van der Waals surface area contributed by atoms with Crippen LogP contribution in [0.25, 0.3) is 10.9 Å². The average molecular weight is 621 g/mol. The molecule has 8 nitrogen and oxygen atoms in total. The first-order valence-corrected chi connectivity index (χ1v) is 15.2. The smallest absolute Gasteiger partial charge is 0.335 e. The van der Waals surface area contributed by atoms with Crippen molar-refractivity contribution in [2.45, 2.75) is 43.3 Å². The second-order valence-electron chi connectivity index (χ2n) is 12.0. The van der Waals surface area contributed by atoms with Gasteiger partial charge in [-0.15, -0.1) is 0 Å². The molecule has 1 aliphatic carbocycles. The Labute approximate surface area is 256 Å². The minimum atomic E-state index is -1.24. The highest BCUT2D eigenvalue weighted by Gasteiger charge is 2.68. The standard InChI is InChI=1S/C32H27Cl2FN4O4/c33-18-8-10-22-25(12-18)36-31(42)32(22)27(20-5-2-6-23(34)28(20)35)21-14-39-29(19-9-7-17(30(40)41)11-24(19)37-39)43-15-26(21)38(32)13-16-3-1-4-16/h2,5-12,16,21,26-27H,1,3-4,13-15H2,(H,36,42)(H,40,41)/t21-,26+,27+,32-/m1/s1. The van der Waals surface area contributed by atoms with E-state index in [0.29, 0.717) is 52.1 Å². The number of anilines is 1. The fourth-order valence-electron chi connectivity index (χ4n) is 7.86. The molecule has 4 atom stereocenters. The van der Waals surface area contributed by atoms with Crippen molar-refractivity contribution in [2.75, 3.05) is 18.5 Å². The maximum Gasteiger partial charge on any atom is 0.335 e. The number of halogens is 3. The fraction of sp³-hybridized carbons (Fsp3) is 0.344. The van der Waals surface area contributed by atoms with E-state index < -0.39 is 23.2 Å². The third kappa shape index (κ3) is 3.81. The minimum absolute atomic E-state index is 0.00651. The van der Waals surface area contributed by atoms with E-state index in [1.54, 1.807) is 35.0 Å². The number of carbonyl (C=O) groups is 2. The van der Waals surface area contributed by atoms with E-state index in [4.69, 9.17) is 33.0 Å². The Kier molecular flexibility index (Phi) is 6.06. The number of hydrogen-bond acceptors (Lipinski definition) is 5. The van der Waals surface area contributed by atoms with E-state index in [2.05, 4.69) is 10.2 Å². The monoisotopic (exact) mass is 620 g/mol. The van der Waals surface area contributed by atoms with Gasteiger partial charge in [0.05, 0.1) is 27.5 Å². The van der Waals surface area contributed by atoms with Crippen LogP contribution in [0.5, 0.6) is 5.88 Å². The minimum Gasteiger partial charge on any atom is -0.478 e. The molecule has 3 aliphatic heterocycles. The Morgan fingerprint density at radius 2 is 2.00 bits per heavy atom. The van der Waals surface area contributed by atoms with Crippen LogP contribution in [-0.4, -0.2) is 50.9 Å². The summed E-state index contributed by atoms with van der Waals surface area (Å²) < 4.78 is 24.4. The number of hydrogen-bond donors (Lipinski definition) is 2. The molecule has 43 heavy (non-hydrogen) atoms. The zero-order valence-electron chi connectivity index (χ0n) is 22.9. The van der Waals surface area contributed by atoms with Crippen LogP contribution < -0.4 is 10.1 Å². The summed E-state index contributed by atoms with van der Waals surface area (Å²) in [4.78, 5) is 28.4. The number of fused-ring (bicyclic) bond motifs is 6. The number of ether oxygens (including phenoxy) is 1. The Morgan fingerprint density at radius 1 is 1.16 bits per heavy atom. The molecule has 1 saturated carbocycles. The maximum atomic E-state index is 16.2. The molecule has 1 amide bonds. The first kappa shape index (κ1) is 26.9. The van der Waals surface area contributed by atoms with Crippen LogP contribution in [0.4, 0.5) is 10.1 Å². The van der Waals surface area contributed by atoms with E-state index >= 15 is 4.39 Å². The van der Waals surface area contributed by atoms with Gasteiger partial charge in [0.1, 0.15) is 18.0 Å². The first-order chi connectivity index (χ1) is 20.8. The zero-order valence-corrected chi connectivity index (χ0v) is 24.4. The number of likely N-dealkylation sites (tertiary alicyclic amines) is 1. The summed E-state index contributed by atoms with van der Waals surface area (Å²) in [5.74, 6) is -1.83. The largest absolute Gasteiger partial charge is 0.478 e. The molecular weight excluding hydrogens is 594 g/mol. The topological polar surface area (TPSA) is 96.7 Å². The molecule has 0 radical (unpaired) electrons. The van der Waals surface area contributed by atoms with Crippen molar-refractivity contribution in [1.29, 1.82) is 0 Å². The molecule has 4 heterocycles. The molecule has 11 heteroatoms. The van der Waals surface area contributed by atoms with Gasteiger partial charge in [-0.3, -0.25) is 9.69 Å². The van der Waals surface area contributed by atoms with Gasteiger partial charge in [-0.2, -0.15) is 5.10 Å². The molecule has 1 aromatic heterocycles. The van der Waals surface area contributed by atoms with Crippen molar-refractivity contribution in [3.05, 3.63) is 87.2 Å². The van der Waals surface area contributed by atoms with E-state index in [1.807, 2.05) is 6.07 Å². The van der Waals surface area contributed by atoms with Crippen LogP contribution in [0.1, 0.15) is 46.7 Å². The number of rotatable bonds is 4. The summed E-state index contributed by atoms with van der Waals surface area (Å²) >= 11 is 12.8. The quantitative estimate of drug-likeness (QED) is 0.278. The Bertz CT molecular complexity index is 1840. The van der Waals surface area contributed by atoms with Crippen LogP contribution in [0.2, 0.25) is 10.0 Å². The van der Waals surface area contributed by atoms with E-state index in [-0.39, 0.29) is 35.1 Å². The van der Waals surface area contributed by atoms with Gasteiger partial charge < -0.3 is 15.2 Å². The molecular formula is C32H27Cl2FN4O4. The van der Waals surface area contributed by atoms with Crippen molar-refractivity contribution < 1.29 is 23.8 Å². The molecule has 4 aromatic rings. The molecule has 1 spiro atoms. The lowest BCUT2D eigenvalue weighted by molar-refractivity contribution is -0.128. The molecule has 4 aliphatic rings. The van der Waals surface area contributed by atoms with Crippen molar-refractivity contribution in [3.63, 3.8) is 0 Å². The molecule has 2 N–H and O–H groups in total. The molecule has 220 valence electrons. The molecule has 3 aromatic carbocycles. The molecule has 0 bridgehead atoms. The van der Waals surface area contributed by atoms with Gasteiger partial charge in [-0.25, -0.2) is 13.9 Å². The van der Waals surface area contributed by atoms with Crippen LogP contribution >= 0.6 is 23.2 Å². The molecule has 8 rings (SSSR count). The van der Waals surface area contributed by atoms with Gasteiger partial charge in [0.15, 0.2) is 0 Å². The number of benzene rings is 3. The van der Waals surface area contributed by atoms with Gasteiger partial charge in [-0.05, 0) is 60.7 Å². The van der Waals surface area contributed by atoms with Crippen molar-refractivity contribution in [3.8, 4) is 5.88 Å². The number of amides is 1. The lowest BCUT2D eigenvalue weighted by Gasteiger charge is -2.43. The second-order valence-corrected chi connectivity index (χ2v) is 12.9. The molecule has 2 fully saturated rings. The van der Waals surface area contributed by atoms with Crippen LogP contribution in [0.15, 0.2) is 54.6 Å². The lowest BCUT2D eigenvalue weighted by atomic mass is 9.71. The van der Waals surface area contributed by atoms with Gasteiger partial charge in [0.25, 0.3) is 0 Å². The third-order valence-electron chi connectivity index (χ3n) is 9.92. The number of carboxylic acids is 1. The second kappa shape index (κ2) is 9.67. The van der Waals surface area contributed by atoms with E-state index in [1.165, 1.54) is 18.2 Å². The highest BCUT2D eigenvalue weighted by atomic mass is 35.5. The zero-order chi connectivity index (χ0) is 29.6. The SMILES string of the molecule is O=C(O)c1ccc2c3n(nc2c1)C[C@@H]1[C@H](CO3)N(CC2CCC2)[C@@]2(C(=O)Nc3cc(Cl)ccc32)[C@H]1c1cccc(Cl)c1F. The Hall–Kier alpha value is -3.66. The number of aromatic nitrogens is 2. The van der Waals surface area contributed by atoms with Gasteiger partial charge in [-0.1, -0.05) is 47.8 Å². The number of nitrogens with one attached hydrogen (secondary N) is 1. The predicted molar refractivity (Wildman–Crippen MR) is 159 cm³/mol. The van der Waals surface area contributed by atoms with E-state index in [9.17, 15) is 14.7 Å². The van der Waals surface area contributed by atoms with Crippen molar-refractivity contribution in [1.82, 2.24) is 14.7 Å². The Morgan fingerprint density at radius 3 is 2.77 bits per heavy atom. The normalized spacial score (nSPS) is 26.4. The van der Waals surface area contributed by atoms with Crippen LogP contribution in [0.3, 0.4) is 0 Å². The number of carbonyl (C=O) groups excluding carboxylic acids is 1.